The molecular weight excluding hydrogens is 332 g/mol. The second-order valence-corrected chi connectivity index (χ2v) is 7.64. The first-order valence-electron chi connectivity index (χ1n) is 8.69. The SMILES string of the molecule is COCC1(CNc2nc(-c3ccccn3)nc3sccc23)CCCC1. The molecule has 0 aliphatic heterocycles. The zero-order valence-electron chi connectivity index (χ0n) is 14.4. The zero-order valence-corrected chi connectivity index (χ0v) is 15.2. The van der Waals surface area contributed by atoms with Gasteiger partial charge in [-0.3, -0.25) is 4.98 Å². The van der Waals surface area contributed by atoms with E-state index in [1.807, 2.05) is 18.2 Å². The van der Waals surface area contributed by atoms with Crippen molar-refractivity contribution in [3.63, 3.8) is 0 Å². The molecule has 0 spiro atoms. The molecular formula is C19H22N4OS. The van der Waals surface area contributed by atoms with E-state index in [2.05, 4.69) is 26.7 Å². The number of methoxy groups -OCH3 is 1. The van der Waals surface area contributed by atoms with E-state index in [9.17, 15) is 0 Å². The van der Waals surface area contributed by atoms with Crippen molar-refractivity contribution in [1.82, 2.24) is 15.0 Å². The van der Waals surface area contributed by atoms with Crippen LogP contribution in [0.1, 0.15) is 25.7 Å². The van der Waals surface area contributed by atoms with Crippen molar-refractivity contribution in [2.45, 2.75) is 25.7 Å². The molecule has 0 bridgehead atoms. The Labute approximate surface area is 151 Å². The Morgan fingerprint density at radius 2 is 2.08 bits per heavy atom. The lowest BCUT2D eigenvalue weighted by atomic mass is 9.87. The summed E-state index contributed by atoms with van der Waals surface area (Å²) in [4.78, 5) is 14.8. The average Bonchev–Trinajstić information content (AvgIpc) is 3.30. The number of anilines is 1. The number of rotatable bonds is 6. The van der Waals surface area contributed by atoms with Gasteiger partial charge < -0.3 is 10.1 Å². The minimum Gasteiger partial charge on any atom is -0.384 e. The Hall–Kier alpha value is -2.05. The third kappa shape index (κ3) is 3.37. The van der Waals surface area contributed by atoms with Crippen molar-refractivity contribution in [2.75, 3.05) is 25.6 Å². The lowest BCUT2D eigenvalue weighted by Gasteiger charge is -2.28. The van der Waals surface area contributed by atoms with Crippen molar-refractivity contribution in [3.05, 3.63) is 35.8 Å². The van der Waals surface area contributed by atoms with Crippen molar-refractivity contribution >= 4 is 27.4 Å². The molecule has 3 aromatic heterocycles. The van der Waals surface area contributed by atoms with E-state index in [-0.39, 0.29) is 5.41 Å². The number of pyridine rings is 1. The fraction of sp³-hybridized carbons (Fsp3) is 0.421. The van der Waals surface area contributed by atoms with Crippen LogP contribution in [0, 0.1) is 5.41 Å². The van der Waals surface area contributed by atoms with Gasteiger partial charge in [-0.15, -0.1) is 11.3 Å². The van der Waals surface area contributed by atoms with E-state index in [1.54, 1.807) is 24.6 Å². The second kappa shape index (κ2) is 7.06. The first-order chi connectivity index (χ1) is 12.3. The Balaban J connectivity index is 1.65. The lowest BCUT2D eigenvalue weighted by molar-refractivity contribution is 0.0923. The summed E-state index contributed by atoms with van der Waals surface area (Å²) in [6, 6.07) is 7.90. The van der Waals surface area contributed by atoms with E-state index < -0.39 is 0 Å². The van der Waals surface area contributed by atoms with Crippen molar-refractivity contribution in [1.29, 1.82) is 0 Å². The Kier molecular flexibility index (Phi) is 4.63. The van der Waals surface area contributed by atoms with Gasteiger partial charge in [0.05, 0.1) is 12.0 Å². The highest BCUT2D eigenvalue weighted by atomic mass is 32.1. The predicted octanol–water partition coefficient (Wildman–Crippen LogP) is 4.37. The topological polar surface area (TPSA) is 59.9 Å². The number of ether oxygens (including phenoxy) is 1. The first kappa shape index (κ1) is 16.4. The van der Waals surface area contributed by atoms with Crippen LogP contribution in [-0.4, -0.2) is 35.2 Å². The van der Waals surface area contributed by atoms with Gasteiger partial charge in [0.2, 0.25) is 0 Å². The molecule has 0 saturated heterocycles. The highest BCUT2D eigenvalue weighted by molar-refractivity contribution is 7.16. The highest BCUT2D eigenvalue weighted by Crippen LogP contribution is 2.39. The predicted molar refractivity (Wildman–Crippen MR) is 102 cm³/mol. The van der Waals surface area contributed by atoms with Crippen LogP contribution in [0.2, 0.25) is 0 Å². The van der Waals surface area contributed by atoms with Gasteiger partial charge in [-0.2, -0.15) is 0 Å². The summed E-state index contributed by atoms with van der Waals surface area (Å²) in [7, 11) is 1.79. The standard InChI is InChI=1S/C19H22N4OS/c1-24-13-19(8-3-4-9-19)12-21-16-14-7-11-25-18(14)23-17(22-16)15-6-2-5-10-20-15/h2,5-7,10-11H,3-4,8-9,12-13H2,1H3,(H,21,22,23). The number of fused-ring (bicyclic) bond motifs is 1. The maximum Gasteiger partial charge on any atom is 0.181 e. The monoisotopic (exact) mass is 354 g/mol. The zero-order chi connectivity index (χ0) is 17.1. The van der Waals surface area contributed by atoms with E-state index >= 15 is 0 Å². The van der Waals surface area contributed by atoms with Crippen molar-refractivity contribution in [3.8, 4) is 11.5 Å². The summed E-state index contributed by atoms with van der Waals surface area (Å²) in [6.07, 6.45) is 6.75. The first-order valence-corrected chi connectivity index (χ1v) is 9.57. The smallest absolute Gasteiger partial charge is 0.181 e. The molecule has 0 atom stereocenters. The van der Waals surface area contributed by atoms with E-state index in [0.717, 1.165) is 34.9 Å². The summed E-state index contributed by atoms with van der Waals surface area (Å²) in [5.41, 5.74) is 1.01. The van der Waals surface area contributed by atoms with Gasteiger partial charge in [-0.05, 0) is 36.4 Å². The van der Waals surface area contributed by atoms with Crippen LogP contribution in [0.15, 0.2) is 35.8 Å². The number of nitrogens with zero attached hydrogens (tertiary/aromatic N) is 3. The van der Waals surface area contributed by atoms with Crippen LogP contribution < -0.4 is 5.32 Å². The molecule has 0 aromatic carbocycles. The average molecular weight is 354 g/mol. The fourth-order valence-corrected chi connectivity index (χ4v) is 4.44. The third-order valence-corrected chi connectivity index (χ3v) is 5.77. The number of thiophene rings is 1. The van der Waals surface area contributed by atoms with Crippen molar-refractivity contribution < 1.29 is 4.74 Å². The second-order valence-electron chi connectivity index (χ2n) is 6.74. The molecule has 1 fully saturated rings. The molecule has 0 unspecified atom stereocenters. The quantitative estimate of drug-likeness (QED) is 0.712. The lowest BCUT2D eigenvalue weighted by Crippen LogP contribution is -2.31. The van der Waals surface area contributed by atoms with Gasteiger partial charge in [0.25, 0.3) is 0 Å². The van der Waals surface area contributed by atoms with Crippen LogP contribution in [0.4, 0.5) is 5.82 Å². The Bertz CT molecular complexity index is 843. The number of hydrogen-bond donors (Lipinski definition) is 1. The van der Waals surface area contributed by atoms with Crippen LogP contribution in [0.3, 0.4) is 0 Å². The van der Waals surface area contributed by atoms with E-state index in [0.29, 0.717) is 5.82 Å². The molecule has 130 valence electrons. The Morgan fingerprint density at radius 3 is 2.84 bits per heavy atom. The molecule has 3 aromatic rings. The molecule has 1 N–H and O–H groups in total. The summed E-state index contributed by atoms with van der Waals surface area (Å²) in [6.45, 7) is 1.68. The van der Waals surface area contributed by atoms with Crippen molar-refractivity contribution in [2.24, 2.45) is 5.41 Å². The molecule has 0 radical (unpaired) electrons. The van der Waals surface area contributed by atoms with E-state index in [4.69, 9.17) is 9.72 Å². The molecule has 1 aliphatic rings. The molecule has 3 heterocycles. The molecule has 1 saturated carbocycles. The minimum atomic E-state index is 0.215. The van der Waals surface area contributed by atoms with Gasteiger partial charge in [-0.1, -0.05) is 18.9 Å². The number of hydrogen-bond acceptors (Lipinski definition) is 6. The molecule has 4 rings (SSSR count). The van der Waals surface area contributed by atoms with Crippen LogP contribution >= 0.6 is 11.3 Å². The maximum atomic E-state index is 5.50. The van der Waals surface area contributed by atoms with E-state index in [1.165, 1.54) is 25.7 Å². The molecule has 0 amide bonds. The summed E-state index contributed by atoms with van der Waals surface area (Å²) < 4.78 is 5.50. The summed E-state index contributed by atoms with van der Waals surface area (Å²) in [5, 5.41) is 6.74. The van der Waals surface area contributed by atoms with Gasteiger partial charge in [0, 0.05) is 25.3 Å². The minimum absolute atomic E-state index is 0.215. The van der Waals surface area contributed by atoms with Gasteiger partial charge in [0.15, 0.2) is 5.82 Å². The normalized spacial score (nSPS) is 16.4. The highest BCUT2D eigenvalue weighted by Gasteiger charge is 2.34. The summed E-state index contributed by atoms with van der Waals surface area (Å²) in [5.74, 6) is 1.57. The largest absolute Gasteiger partial charge is 0.384 e. The third-order valence-electron chi connectivity index (χ3n) is 4.96. The van der Waals surface area contributed by atoms with Crippen LogP contribution in [-0.2, 0) is 4.74 Å². The molecule has 5 nitrogen and oxygen atoms in total. The Morgan fingerprint density at radius 1 is 1.20 bits per heavy atom. The molecule has 25 heavy (non-hydrogen) atoms. The van der Waals surface area contributed by atoms with Gasteiger partial charge in [0.1, 0.15) is 16.3 Å². The molecule has 6 heteroatoms. The number of aromatic nitrogens is 3. The van der Waals surface area contributed by atoms with Gasteiger partial charge >= 0.3 is 0 Å². The van der Waals surface area contributed by atoms with Gasteiger partial charge in [-0.25, -0.2) is 9.97 Å². The van der Waals surface area contributed by atoms with Crippen LogP contribution in [0.5, 0.6) is 0 Å². The summed E-state index contributed by atoms with van der Waals surface area (Å²) >= 11 is 1.63. The van der Waals surface area contributed by atoms with Crippen LogP contribution in [0.25, 0.3) is 21.7 Å². The molecule has 1 aliphatic carbocycles. The maximum absolute atomic E-state index is 5.50. The fourth-order valence-electron chi connectivity index (χ4n) is 3.67. The number of nitrogens with one attached hydrogen (secondary N) is 1.